The van der Waals surface area contributed by atoms with Crippen molar-refractivity contribution in [3.8, 4) is 45.4 Å². The van der Waals surface area contributed by atoms with E-state index in [2.05, 4.69) is 14.4 Å². The van der Waals surface area contributed by atoms with E-state index in [4.69, 9.17) is 14.0 Å². The molecule has 0 atom stereocenters. The maximum atomic E-state index is 13.0. The molecule has 68 heavy (non-hydrogen) atoms. The molecule has 0 fully saturated rings. The predicted octanol–water partition coefficient (Wildman–Crippen LogP) is 11.5. The number of benzene rings is 6. The number of aromatic nitrogens is 3. The number of amides is 1. The average molecular weight is 925 g/mol. The van der Waals surface area contributed by atoms with Crippen LogP contribution < -0.4 is 14.2 Å². The number of hydrogen-bond acceptors (Lipinski definition) is 8. The van der Waals surface area contributed by atoms with Crippen LogP contribution >= 0.6 is 0 Å². The Kier molecular flexibility index (Phi) is 13.8. The van der Waals surface area contributed by atoms with Gasteiger partial charge in [-0.1, -0.05) is 102 Å². The van der Waals surface area contributed by atoms with Crippen LogP contribution in [0.1, 0.15) is 54.7 Å². The molecule has 12 nitrogen and oxygen atoms in total. The van der Waals surface area contributed by atoms with Crippen molar-refractivity contribution >= 4 is 21.9 Å². The first kappa shape index (κ1) is 46.1. The van der Waals surface area contributed by atoms with Gasteiger partial charge in [0.15, 0.2) is 10.7 Å². The molecule has 0 spiro atoms. The normalized spacial score (nSPS) is 11.1. The lowest BCUT2D eigenvalue weighted by atomic mass is 10.1. The minimum atomic E-state index is -4.17. The minimum absolute atomic E-state index is 0.113. The van der Waals surface area contributed by atoms with Gasteiger partial charge in [0.05, 0.1) is 17.0 Å². The average Bonchev–Trinajstić information content (AvgIpc) is 4.05. The highest BCUT2D eigenvalue weighted by molar-refractivity contribution is 7.90. The van der Waals surface area contributed by atoms with E-state index in [0.29, 0.717) is 18.9 Å². The van der Waals surface area contributed by atoms with Crippen LogP contribution in [0, 0.1) is 27.7 Å². The number of carbonyl (C=O) groups is 2. The van der Waals surface area contributed by atoms with Crippen LogP contribution in [0.5, 0.6) is 11.5 Å². The molecule has 0 aliphatic rings. The lowest BCUT2D eigenvalue weighted by Gasteiger charge is -2.16. The summed E-state index contributed by atoms with van der Waals surface area (Å²) in [5, 5.41) is 13.0. The van der Waals surface area contributed by atoms with E-state index in [-0.39, 0.29) is 27.5 Å². The second kappa shape index (κ2) is 20.4. The predicted molar refractivity (Wildman–Crippen MR) is 261 cm³/mol. The van der Waals surface area contributed by atoms with Crippen molar-refractivity contribution in [1.29, 1.82) is 0 Å². The molecule has 13 heteroatoms. The highest BCUT2D eigenvalue weighted by atomic mass is 32.2. The second-order valence-corrected chi connectivity index (χ2v) is 17.5. The number of sulfonamides is 1. The fourth-order valence-electron chi connectivity index (χ4n) is 7.92. The quantitative estimate of drug-likeness (QED) is 0.108. The molecular weight excluding hydrogens is 877 g/mol. The smallest absolute Gasteiger partial charge is 0.335 e. The Labute approximate surface area is 394 Å². The number of aromatic carboxylic acids is 1. The van der Waals surface area contributed by atoms with Crippen molar-refractivity contribution in [2.45, 2.75) is 45.8 Å². The molecule has 3 heterocycles. The Bertz CT molecular complexity index is 3320. The van der Waals surface area contributed by atoms with Crippen LogP contribution in [0.2, 0.25) is 0 Å². The van der Waals surface area contributed by atoms with Crippen molar-refractivity contribution in [3.63, 3.8) is 0 Å². The Hall–Kier alpha value is -8.42. The van der Waals surface area contributed by atoms with Crippen molar-refractivity contribution in [3.05, 3.63) is 227 Å². The largest absolute Gasteiger partial charge is 0.488 e. The fraction of sp³-hybridized carbons (Fsp3) is 0.109. The monoisotopic (exact) mass is 924 g/mol. The standard InChI is InChI=1S/C30H27N3O5S.C25H21NO3/c1-20-16-17-27(26-14-7-8-15-28(26)37-19-23-10-5-4-6-11-23)33(20)25-13-9-12-24(18-25)30(34)32-39(35,36)29-21(2)31-38-22(29)3;1-18-14-15-23(26(18)21-11-7-10-20(16-21)25(27)28)22-12-5-6-13-24(22)29-17-19-8-3-2-4-9-19/h4-18H,19H2,1-3H3,(H,32,34);2-16H,17H2,1H3,(H,27,28). The Morgan fingerprint density at radius 3 is 1.50 bits per heavy atom. The highest BCUT2D eigenvalue weighted by Crippen LogP contribution is 2.36. The van der Waals surface area contributed by atoms with E-state index in [1.807, 2.05) is 164 Å². The van der Waals surface area contributed by atoms with Gasteiger partial charge in [0.1, 0.15) is 30.4 Å². The molecule has 0 saturated carbocycles. The topological polar surface area (TPSA) is 155 Å². The highest BCUT2D eigenvalue weighted by Gasteiger charge is 2.27. The number of nitrogens with zero attached hydrogens (tertiary/aromatic N) is 3. The number of carboxylic acid groups (broad SMARTS) is 1. The SMILES string of the molecule is Cc1ccc(-c2ccccc2OCc2ccccc2)n1-c1cccc(C(=O)O)c1.Cc1noc(C)c1S(=O)(=O)NC(=O)c1cccc(-n2c(C)ccc2-c2ccccc2OCc2ccccc2)c1. The number of carbonyl (C=O) groups excluding carboxylic acids is 1. The maximum absolute atomic E-state index is 13.0. The Balaban J connectivity index is 0.000000192. The van der Waals surface area contributed by atoms with Crippen LogP contribution in [0.3, 0.4) is 0 Å². The van der Waals surface area contributed by atoms with E-state index in [9.17, 15) is 23.1 Å². The van der Waals surface area contributed by atoms with Crippen molar-refractivity contribution < 1.29 is 37.1 Å². The fourth-order valence-corrected chi connectivity index (χ4v) is 9.22. The molecule has 2 N–H and O–H groups in total. The van der Waals surface area contributed by atoms with Crippen LogP contribution in [0.25, 0.3) is 33.9 Å². The summed E-state index contributed by atoms with van der Waals surface area (Å²) in [6, 6.07) is 57.5. The molecule has 0 aliphatic heterocycles. The van der Waals surface area contributed by atoms with Gasteiger partial charge < -0.3 is 28.2 Å². The van der Waals surface area contributed by atoms with Gasteiger partial charge in [0.2, 0.25) is 0 Å². The third-order valence-electron chi connectivity index (χ3n) is 11.1. The summed E-state index contributed by atoms with van der Waals surface area (Å²) in [5.41, 5.74) is 9.91. The van der Waals surface area contributed by atoms with Gasteiger partial charge in [-0.05, 0) is 124 Å². The summed E-state index contributed by atoms with van der Waals surface area (Å²) in [6.07, 6.45) is 0. The molecule has 3 aromatic heterocycles. The molecule has 0 aliphatic carbocycles. The molecule has 0 saturated heterocycles. The molecule has 0 unspecified atom stereocenters. The summed E-state index contributed by atoms with van der Waals surface area (Å²) in [4.78, 5) is 24.3. The number of para-hydroxylation sites is 2. The first-order valence-corrected chi connectivity index (χ1v) is 23.2. The molecule has 342 valence electrons. The summed E-state index contributed by atoms with van der Waals surface area (Å²) >= 11 is 0. The van der Waals surface area contributed by atoms with Crippen molar-refractivity contribution in [2.75, 3.05) is 0 Å². The molecule has 6 aromatic carbocycles. The first-order valence-electron chi connectivity index (χ1n) is 21.7. The zero-order valence-electron chi connectivity index (χ0n) is 37.8. The van der Waals surface area contributed by atoms with Gasteiger partial charge in [-0.3, -0.25) is 4.79 Å². The van der Waals surface area contributed by atoms with E-state index in [1.165, 1.54) is 13.8 Å². The number of ether oxygens (including phenoxy) is 2. The minimum Gasteiger partial charge on any atom is -0.488 e. The van der Waals surface area contributed by atoms with Gasteiger partial charge in [-0.25, -0.2) is 17.9 Å². The number of hydrogen-bond donors (Lipinski definition) is 2. The molecule has 9 aromatic rings. The zero-order chi connectivity index (χ0) is 47.8. The van der Waals surface area contributed by atoms with Crippen molar-refractivity contribution in [2.24, 2.45) is 0 Å². The van der Waals surface area contributed by atoms with Gasteiger partial charge in [0.25, 0.3) is 15.9 Å². The number of nitrogens with one attached hydrogen (secondary N) is 1. The number of aryl methyl sites for hydroxylation is 4. The van der Waals surface area contributed by atoms with Crippen LogP contribution in [-0.2, 0) is 23.2 Å². The molecule has 1 amide bonds. The summed E-state index contributed by atoms with van der Waals surface area (Å²) in [7, 11) is -4.17. The van der Waals surface area contributed by atoms with Crippen LogP contribution in [0.15, 0.2) is 191 Å². The molecular formula is C55H48N4O8S. The summed E-state index contributed by atoms with van der Waals surface area (Å²) in [6.45, 7) is 7.86. The molecule has 0 radical (unpaired) electrons. The summed E-state index contributed by atoms with van der Waals surface area (Å²) in [5.74, 6) is -0.0767. The van der Waals surface area contributed by atoms with E-state index < -0.39 is 21.9 Å². The van der Waals surface area contributed by atoms with E-state index >= 15 is 0 Å². The number of rotatable bonds is 14. The first-order chi connectivity index (χ1) is 32.9. The Morgan fingerprint density at radius 1 is 0.574 bits per heavy atom. The maximum Gasteiger partial charge on any atom is 0.335 e. The number of carboxylic acids is 1. The van der Waals surface area contributed by atoms with Crippen LogP contribution in [-0.4, -0.2) is 39.7 Å². The van der Waals surface area contributed by atoms with Gasteiger partial charge in [-0.15, -0.1) is 0 Å². The lowest BCUT2D eigenvalue weighted by Crippen LogP contribution is -2.31. The second-order valence-electron chi connectivity index (χ2n) is 15.9. The molecule has 0 bridgehead atoms. The van der Waals surface area contributed by atoms with Crippen molar-refractivity contribution in [1.82, 2.24) is 19.0 Å². The zero-order valence-corrected chi connectivity index (χ0v) is 38.6. The lowest BCUT2D eigenvalue weighted by molar-refractivity contribution is 0.0696. The Morgan fingerprint density at radius 2 is 1.03 bits per heavy atom. The van der Waals surface area contributed by atoms with Crippen LogP contribution in [0.4, 0.5) is 0 Å². The van der Waals surface area contributed by atoms with Gasteiger partial charge >= 0.3 is 5.97 Å². The van der Waals surface area contributed by atoms with Gasteiger partial charge in [-0.2, -0.15) is 0 Å². The third kappa shape index (κ3) is 10.3. The summed E-state index contributed by atoms with van der Waals surface area (Å²) < 4.78 is 49.2. The molecule has 9 rings (SSSR count). The van der Waals surface area contributed by atoms with Gasteiger partial charge in [0, 0.05) is 39.5 Å². The van der Waals surface area contributed by atoms with E-state index in [0.717, 1.165) is 62.2 Å². The van der Waals surface area contributed by atoms with E-state index in [1.54, 1.807) is 36.4 Å². The third-order valence-corrected chi connectivity index (χ3v) is 12.7.